The Morgan fingerprint density at radius 3 is 2.71 bits per heavy atom. The summed E-state index contributed by atoms with van der Waals surface area (Å²) in [5.41, 5.74) is 7.27. The van der Waals surface area contributed by atoms with E-state index < -0.39 is 0 Å². The highest BCUT2D eigenvalue weighted by molar-refractivity contribution is 6.34. The van der Waals surface area contributed by atoms with Crippen LogP contribution in [0.3, 0.4) is 0 Å². The normalized spacial score (nSPS) is 24.0. The van der Waals surface area contributed by atoms with Crippen molar-refractivity contribution >= 4 is 23.1 Å². The largest absolute Gasteiger partial charge is 0.409 e. The van der Waals surface area contributed by atoms with Gasteiger partial charge in [0, 0.05) is 30.4 Å². The van der Waals surface area contributed by atoms with Crippen LogP contribution in [-0.2, 0) is 0 Å². The number of halogens is 1. The van der Waals surface area contributed by atoms with Crippen molar-refractivity contribution in [3.63, 3.8) is 0 Å². The molecule has 2 aliphatic heterocycles. The molecule has 0 amide bonds. The number of benzene rings is 1. The van der Waals surface area contributed by atoms with Gasteiger partial charge in [0.2, 0.25) is 0 Å². The summed E-state index contributed by atoms with van der Waals surface area (Å²) < 4.78 is 0. The second-order valence-corrected chi connectivity index (χ2v) is 6.19. The SMILES string of the molecule is NC(=NO)c1ccc(N2CCC(N3CCCC3)C2)cc1Cl. The first-order valence-electron chi connectivity index (χ1n) is 7.45. The van der Waals surface area contributed by atoms with E-state index in [2.05, 4.69) is 15.0 Å². The fourth-order valence-electron chi connectivity index (χ4n) is 3.34. The van der Waals surface area contributed by atoms with E-state index >= 15 is 0 Å². The number of oxime groups is 1. The number of nitrogens with two attached hydrogens (primary N) is 1. The second kappa shape index (κ2) is 6.12. The molecular weight excluding hydrogens is 288 g/mol. The van der Waals surface area contributed by atoms with E-state index in [1.165, 1.54) is 32.4 Å². The minimum absolute atomic E-state index is 0.0444. The lowest BCUT2D eigenvalue weighted by Crippen LogP contribution is -2.35. The summed E-state index contributed by atoms with van der Waals surface area (Å²) in [6, 6.07) is 6.37. The van der Waals surface area contributed by atoms with Gasteiger partial charge in [0.1, 0.15) is 0 Å². The first-order chi connectivity index (χ1) is 10.2. The molecule has 0 spiro atoms. The molecule has 3 rings (SSSR count). The van der Waals surface area contributed by atoms with E-state index in [-0.39, 0.29) is 5.84 Å². The number of rotatable bonds is 3. The minimum atomic E-state index is 0.0444. The van der Waals surface area contributed by atoms with E-state index in [4.69, 9.17) is 22.5 Å². The third kappa shape index (κ3) is 2.94. The van der Waals surface area contributed by atoms with E-state index in [0.29, 0.717) is 16.6 Å². The van der Waals surface area contributed by atoms with E-state index in [1.807, 2.05) is 18.2 Å². The molecule has 2 saturated heterocycles. The van der Waals surface area contributed by atoms with Crippen LogP contribution in [0.25, 0.3) is 0 Å². The average Bonchev–Trinajstić information content (AvgIpc) is 3.17. The molecule has 2 heterocycles. The lowest BCUT2D eigenvalue weighted by Gasteiger charge is -2.24. The Bertz CT molecular complexity index is 542. The maximum atomic E-state index is 8.74. The molecule has 1 aromatic carbocycles. The lowest BCUT2D eigenvalue weighted by atomic mass is 10.2. The molecule has 5 nitrogen and oxygen atoms in total. The summed E-state index contributed by atoms with van der Waals surface area (Å²) in [6.07, 6.45) is 3.87. The molecule has 1 atom stereocenters. The molecule has 1 unspecified atom stereocenters. The Hall–Kier alpha value is -1.46. The standard InChI is InChI=1S/C15H21ClN4O/c16-14-9-11(3-4-13(14)15(17)18-21)20-8-5-12(10-20)19-6-1-2-7-19/h3-4,9,12,21H,1-2,5-8,10H2,(H2,17,18). The highest BCUT2D eigenvalue weighted by atomic mass is 35.5. The van der Waals surface area contributed by atoms with Crippen LogP contribution < -0.4 is 10.6 Å². The lowest BCUT2D eigenvalue weighted by molar-refractivity contribution is 0.260. The zero-order valence-electron chi connectivity index (χ0n) is 12.0. The average molecular weight is 309 g/mol. The summed E-state index contributed by atoms with van der Waals surface area (Å²) in [4.78, 5) is 4.97. The van der Waals surface area contributed by atoms with Gasteiger partial charge in [0.25, 0.3) is 0 Å². The van der Waals surface area contributed by atoms with Crippen LogP contribution >= 0.6 is 11.6 Å². The molecule has 21 heavy (non-hydrogen) atoms. The quantitative estimate of drug-likeness (QED) is 0.388. The molecule has 0 bridgehead atoms. The molecule has 0 radical (unpaired) electrons. The number of nitrogens with zero attached hydrogens (tertiary/aromatic N) is 3. The molecule has 0 saturated carbocycles. The summed E-state index contributed by atoms with van der Waals surface area (Å²) >= 11 is 6.24. The summed E-state index contributed by atoms with van der Waals surface area (Å²) in [6.45, 7) is 4.59. The van der Waals surface area contributed by atoms with Crippen LogP contribution in [0, 0.1) is 0 Å². The number of anilines is 1. The van der Waals surface area contributed by atoms with Crippen molar-refractivity contribution < 1.29 is 5.21 Å². The molecule has 0 aliphatic carbocycles. The van der Waals surface area contributed by atoms with Crippen LogP contribution in [0.1, 0.15) is 24.8 Å². The van der Waals surface area contributed by atoms with Crippen LogP contribution in [0.5, 0.6) is 0 Å². The predicted molar refractivity (Wildman–Crippen MR) is 85.4 cm³/mol. The Morgan fingerprint density at radius 1 is 1.29 bits per heavy atom. The summed E-state index contributed by atoms with van der Waals surface area (Å²) in [5.74, 6) is 0.0444. The zero-order chi connectivity index (χ0) is 14.8. The van der Waals surface area contributed by atoms with Crippen molar-refractivity contribution in [1.29, 1.82) is 0 Å². The Balaban J connectivity index is 1.71. The zero-order valence-corrected chi connectivity index (χ0v) is 12.8. The molecule has 0 aromatic heterocycles. The van der Waals surface area contributed by atoms with Crippen molar-refractivity contribution in [2.45, 2.75) is 25.3 Å². The minimum Gasteiger partial charge on any atom is -0.409 e. The van der Waals surface area contributed by atoms with Gasteiger partial charge < -0.3 is 15.8 Å². The maximum absolute atomic E-state index is 8.74. The Kier molecular flexibility index (Phi) is 4.22. The number of hydrogen-bond acceptors (Lipinski definition) is 4. The third-order valence-corrected chi connectivity index (χ3v) is 4.83. The predicted octanol–water partition coefficient (Wildman–Crippen LogP) is 2.11. The van der Waals surface area contributed by atoms with Crippen LogP contribution in [0.15, 0.2) is 23.4 Å². The summed E-state index contributed by atoms with van der Waals surface area (Å²) in [5, 5.41) is 12.3. The second-order valence-electron chi connectivity index (χ2n) is 5.78. The molecule has 3 N–H and O–H groups in total. The number of hydrogen-bond donors (Lipinski definition) is 2. The van der Waals surface area contributed by atoms with Gasteiger partial charge in [-0.1, -0.05) is 16.8 Å². The van der Waals surface area contributed by atoms with Gasteiger partial charge in [-0.05, 0) is 50.6 Å². The smallest absolute Gasteiger partial charge is 0.171 e. The van der Waals surface area contributed by atoms with Gasteiger partial charge >= 0.3 is 0 Å². The molecular formula is C15H21ClN4O. The monoisotopic (exact) mass is 308 g/mol. The van der Waals surface area contributed by atoms with Crippen LogP contribution in [0.4, 0.5) is 5.69 Å². The molecule has 114 valence electrons. The number of amidine groups is 1. The maximum Gasteiger partial charge on any atom is 0.171 e. The topological polar surface area (TPSA) is 65.1 Å². The van der Waals surface area contributed by atoms with Crippen molar-refractivity contribution in [2.75, 3.05) is 31.1 Å². The van der Waals surface area contributed by atoms with Crippen LogP contribution in [-0.4, -0.2) is 48.2 Å². The first kappa shape index (κ1) is 14.5. The fraction of sp³-hybridized carbons (Fsp3) is 0.533. The van der Waals surface area contributed by atoms with Gasteiger partial charge in [0.15, 0.2) is 5.84 Å². The molecule has 6 heteroatoms. The highest BCUT2D eigenvalue weighted by Crippen LogP contribution is 2.28. The van der Waals surface area contributed by atoms with Crippen molar-refractivity contribution in [2.24, 2.45) is 10.9 Å². The number of likely N-dealkylation sites (tertiary alicyclic amines) is 1. The Morgan fingerprint density at radius 2 is 2.05 bits per heavy atom. The van der Waals surface area contributed by atoms with E-state index in [1.54, 1.807) is 0 Å². The van der Waals surface area contributed by atoms with Crippen molar-refractivity contribution in [3.8, 4) is 0 Å². The summed E-state index contributed by atoms with van der Waals surface area (Å²) in [7, 11) is 0. The van der Waals surface area contributed by atoms with Gasteiger partial charge in [-0.2, -0.15) is 0 Å². The first-order valence-corrected chi connectivity index (χ1v) is 7.83. The Labute approximate surface area is 130 Å². The van der Waals surface area contributed by atoms with Crippen molar-refractivity contribution in [1.82, 2.24) is 4.90 Å². The molecule has 2 aliphatic rings. The molecule has 2 fully saturated rings. The van der Waals surface area contributed by atoms with Gasteiger partial charge in [-0.25, -0.2) is 0 Å². The van der Waals surface area contributed by atoms with Crippen LogP contribution in [0.2, 0.25) is 5.02 Å². The van der Waals surface area contributed by atoms with E-state index in [0.717, 1.165) is 18.8 Å². The fourth-order valence-corrected chi connectivity index (χ4v) is 3.62. The van der Waals surface area contributed by atoms with Crippen molar-refractivity contribution in [3.05, 3.63) is 28.8 Å². The molecule has 1 aromatic rings. The van der Waals surface area contributed by atoms with E-state index in [9.17, 15) is 0 Å². The van der Waals surface area contributed by atoms with Gasteiger partial charge in [-0.15, -0.1) is 0 Å². The highest BCUT2D eigenvalue weighted by Gasteiger charge is 2.29. The van der Waals surface area contributed by atoms with Gasteiger partial charge in [-0.3, -0.25) is 4.90 Å². The third-order valence-electron chi connectivity index (χ3n) is 4.52. The van der Waals surface area contributed by atoms with Gasteiger partial charge in [0.05, 0.1) is 5.02 Å².